The van der Waals surface area contributed by atoms with Crippen molar-refractivity contribution in [3.05, 3.63) is 59.3 Å². The standard InChI is InChI=1S/C20H14ClI2NO5/c1-3-17(25)28-18-14(23)6-10(8-16(18)27-2)7-15-20(26)29-19(24-15)12-9-11(22)4-5-13(12)21/h4-9H,3H2,1-2H3/b15-7-. The van der Waals surface area contributed by atoms with Gasteiger partial charge in [-0.05, 0) is 87.2 Å². The second-order valence-corrected chi connectivity index (χ2v) is 8.64. The minimum absolute atomic E-state index is 0.131. The molecule has 29 heavy (non-hydrogen) atoms. The maximum absolute atomic E-state index is 12.3. The molecular weight excluding hydrogens is 623 g/mol. The average Bonchev–Trinajstić information content (AvgIpc) is 3.05. The summed E-state index contributed by atoms with van der Waals surface area (Å²) in [6.07, 6.45) is 1.82. The highest BCUT2D eigenvalue weighted by atomic mass is 127. The lowest BCUT2D eigenvalue weighted by atomic mass is 10.1. The number of nitrogens with zero attached hydrogens (tertiary/aromatic N) is 1. The first-order valence-corrected chi connectivity index (χ1v) is 10.9. The number of carbonyl (C=O) groups is 2. The summed E-state index contributed by atoms with van der Waals surface area (Å²) in [5, 5.41) is 0.441. The SMILES string of the molecule is CCC(=O)Oc1c(I)cc(/C=C2\N=C(c3cc(I)ccc3Cl)OC2=O)cc1OC. The van der Waals surface area contributed by atoms with Crippen LogP contribution in [0, 0.1) is 7.14 Å². The Balaban J connectivity index is 1.98. The zero-order valence-corrected chi connectivity index (χ0v) is 20.4. The zero-order chi connectivity index (χ0) is 21.1. The van der Waals surface area contributed by atoms with Crippen LogP contribution in [0.25, 0.3) is 6.08 Å². The van der Waals surface area contributed by atoms with E-state index in [9.17, 15) is 9.59 Å². The molecule has 0 unspecified atom stereocenters. The molecule has 9 heteroatoms. The van der Waals surface area contributed by atoms with Crippen LogP contribution in [-0.4, -0.2) is 24.9 Å². The van der Waals surface area contributed by atoms with Gasteiger partial charge < -0.3 is 14.2 Å². The summed E-state index contributed by atoms with van der Waals surface area (Å²) in [4.78, 5) is 28.2. The van der Waals surface area contributed by atoms with Crippen molar-refractivity contribution in [2.75, 3.05) is 7.11 Å². The maximum Gasteiger partial charge on any atom is 0.363 e. The molecule has 0 aliphatic carbocycles. The van der Waals surface area contributed by atoms with Gasteiger partial charge in [0.1, 0.15) is 0 Å². The van der Waals surface area contributed by atoms with Crippen LogP contribution in [0.4, 0.5) is 0 Å². The molecule has 6 nitrogen and oxygen atoms in total. The summed E-state index contributed by atoms with van der Waals surface area (Å²) in [6.45, 7) is 1.71. The molecule has 2 aromatic carbocycles. The van der Waals surface area contributed by atoms with Gasteiger partial charge in [0.05, 0.1) is 21.3 Å². The summed E-state index contributed by atoms with van der Waals surface area (Å²) < 4.78 is 17.6. The number of hydrogen-bond acceptors (Lipinski definition) is 6. The molecule has 0 fully saturated rings. The molecule has 0 atom stereocenters. The third kappa shape index (κ3) is 5.10. The first-order valence-electron chi connectivity index (χ1n) is 8.38. The van der Waals surface area contributed by atoms with E-state index >= 15 is 0 Å². The third-order valence-corrected chi connectivity index (χ3v) is 5.64. The molecule has 0 bridgehead atoms. The molecule has 0 spiro atoms. The molecule has 0 radical (unpaired) electrons. The molecule has 150 valence electrons. The summed E-state index contributed by atoms with van der Waals surface area (Å²) in [5.41, 5.74) is 1.32. The van der Waals surface area contributed by atoms with Crippen molar-refractivity contribution < 1.29 is 23.8 Å². The largest absolute Gasteiger partial charge is 0.493 e. The van der Waals surface area contributed by atoms with Gasteiger partial charge in [-0.3, -0.25) is 4.79 Å². The van der Waals surface area contributed by atoms with E-state index in [2.05, 4.69) is 27.6 Å². The number of carbonyl (C=O) groups excluding carboxylic acids is 2. The summed E-state index contributed by atoms with van der Waals surface area (Å²) in [7, 11) is 1.48. The molecular formula is C20H14ClI2NO5. The highest BCUT2D eigenvalue weighted by molar-refractivity contribution is 14.1. The van der Waals surface area contributed by atoms with Crippen LogP contribution in [0.5, 0.6) is 11.5 Å². The Morgan fingerprint density at radius 1 is 1.28 bits per heavy atom. The monoisotopic (exact) mass is 637 g/mol. The molecule has 0 aromatic heterocycles. The van der Waals surface area contributed by atoms with Gasteiger partial charge >= 0.3 is 11.9 Å². The number of halogens is 3. The van der Waals surface area contributed by atoms with Crippen LogP contribution in [0.2, 0.25) is 5.02 Å². The highest BCUT2D eigenvalue weighted by Crippen LogP contribution is 2.35. The molecule has 1 aliphatic heterocycles. The van der Waals surface area contributed by atoms with Gasteiger partial charge in [0, 0.05) is 9.99 Å². The van der Waals surface area contributed by atoms with Crippen molar-refractivity contribution in [3.63, 3.8) is 0 Å². The molecule has 3 rings (SSSR count). The summed E-state index contributed by atoms with van der Waals surface area (Å²) in [5.74, 6) is -0.0756. The molecule has 0 saturated carbocycles. The zero-order valence-electron chi connectivity index (χ0n) is 15.3. The number of aliphatic imine (C=N–C) groups is 1. The second kappa shape index (κ2) is 9.43. The van der Waals surface area contributed by atoms with Crippen LogP contribution >= 0.6 is 56.8 Å². The lowest BCUT2D eigenvalue weighted by molar-refractivity contribution is -0.134. The smallest absolute Gasteiger partial charge is 0.363 e. The van der Waals surface area contributed by atoms with E-state index in [1.165, 1.54) is 7.11 Å². The molecule has 2 aromatic rings. The van der Waals surface area contributed by atoms with Gasteiger partial charge in [0.25, 0.3) is 0 Å². The molecule has 0 N–H and O–H groups in total. The Labute approximate surface area is 199 Å². The van der Waals surface area contributed by atoms with Crippen molar-refractivity contribution in [1.82, 2.24) is 0 Å². The fourth-order valence-electron chi connectivity index (χ4n) is 2.45. The summed E-state index contributed by atoms with van der Waals surface area (Å²) >= 11 is 10.4. The predicted molar refractivity (Wildman–Crippen MR) is 126 cm³/mol. The Hall–Kier alpha value is -1.66. The van der Waals surface area contributed by atoms with Crippen LogP contribution in [0.1, 0.15) is 24.5 Å². The number of methoxy groups -OCH3 is 1. The Kier molecular flexibility index (Phi) is 7.17. The van der Waals surface area contributed by atoms with Gasteiger partial charge in [-0.2, -0.15) is 0 Å². The van der Waals surface area contributed by atoms with Crippen molar-refractivity contribution in [1.29, 1.82) is 0 Å². The molecule has 1 aliphatic rings. The normalized spacial score (nSPS) is 14.6. The van der Waals surface area contributed by atoms with Gasteiger partial charge in [-0.1, -0.05) is 18.5 Å². The minimum Gasteiger partial charge on any atom is -0.493 e. The van der Waals surface area contributed by atoms with E-state index in [0.717, 1.165) is 3.57 Å². The minimum atomic E-state index is -0.578. The number of rotatable bonds is 5. The number of esters is 2. The van der Waals surface area contributed by atoms with Gasteiger partial charge in [0.2, 0.25) is 5.90 Å². The highest BCUT2D eigenvalue weighted by Gasteiger charge is 2.26. The van der Waals surface area contributed by atoms with E-state index in [0.29, 0.717) is 31.2 Å². The van der Waals surface area contributed by atoms with Crippen molar-refractivity contribution >= 4 is 80.7 Å². The Morgan fingerprint density at radius 3 is 2.72 bits per heavy atom. The van der Waals surface area contributed by atoms with E-state index in [-0.39, 0.29) is 24.0 Å². The third-order valence-electron chi connectivity index (χ3n) is 3.84. The van der Waals surface area contributed by atoms with E-state index in [4.69, 9.17) is 25.8 Å². The Bertz CT molecular complexity index is 1070. The molecule has 0 amide bonds. The van der Waals surface area contributed by atoms with E-state index in [1.807, 2.05) is 28.7 Å². The predicted octanol–water partition coefficient (Wildman–Crippen LogP) is 5.22. The Morgan fingerprint density at radius 2 is 2.03 bits per heavy atom. The van der Waals surface area contributed by atoms with Crippen molar-refractivity contribution in [3.8, 4) is 11.5 Å². The number of benzene rings is 2. The van der Waals surface area contributed by atoms with Crippen molar-refractivity contribution in [2.24, 2.45) is 4.99 Å². The lowest BCUT2D eigenvalue weighted by Gasteiger charge is -2.11. The fraction of sp³-hybridized carbons (Fsp3) is 0.150. The van der Waals surface area contributed by atoms with Gasteiger partial charge in [0.15, 0.2) is 17.2 Å². The number of cyclic esters (lactones) is 1. The molecule has 1 heterocycles. The lowest BCUT2D eigenvalue weighted by Crippen LogP contribution is -2.08. The second-order valence-electron chi connectivity index (χ2n) is 5.82. The number of ether oxygens (including phenoxy) is 3. The summed E-state index contributed by atoms with van der Waals surface area (Å²) in [6, 6.07) is 8.78. The van der Waals surface area contributed by atoms with E-state index < -0.39 is 5.97 Å². The maximum atomic E-state index is 12.3. The van der Waals surface area contributed by atoms with Crippen molar-refractivity contribution in [2.45, 2.75) is 13.3 Å². The van der Waals surface area contributed by atoms with Gasteiger partial charge in [-0.15, -0.1) is 0 Å². The molecule has 0 saturated heterocycles. The van der Waals surface area contributed by atoms with E-state index in [1.54, 1.807) is 37.3 Å². The topological polar surface area (TPSA) is 74.2 Å². The quantitative estimate of drug-likeness (QED) is 0.195. The first kappa shape index (κ1) is 22.0. The van der Waals surface area contributed by atoms with Crippen LogP contribution in [0.3, 0.4) is 0 Å². The van der Waals surface area contributed by atoms with Crippen LogP contribution in [-0.2, 0) is 14.3 Å². The fourth-order valence-corrected chi connectivity index (χ4v) is 3.88. The average molecular weight is 638 g/mol. The first-order chi connectivity index (χ1) is 13.8. The van der Waals surface area contributed by atoms with Crippen LogP contribution < -0.4 is 9.47 Å². The van der Waals surface area contributed by atoms with Gasteiger partial charge in [-0.25, -0.2) is 9.79 Å². The van der Waals surface area contributed by atoms with Crippen LogP contribution in [0.15, 0.2) is 41.0 Å². The number of hydrogen-bond donors (Lipinski definition) is 0.